The maximum Gasteiger partial charge on any atom is 0.270 e. The standard InChI is InChI=1S/C17H16N4O5S/c1-12-5-2-3-8-15(12)17-19-16(26-20-17)9-10-18-27(24,25)14-7-4-6-13(11-14)21(22)23/h2-8,11,18H,9-10H2,1H3. The van der Waals surface area contributed by atoms with Crippen molar-refractivity contribution in [2.45, 2.75) is 18.2 Å². The molecule has 0 unspecified atom stereocenters. The van der Waals surface area contributed by atoms with Crippen LogP contribution in [0.1, 0.15) is 11.5 Å². The van der Waals surface area contributed by atoms with Crippen molar-refractivity contribution >= 4 is 15.7 Å². The topological polar surface area (TPSA) is 128 Å². The lowest BCUT2D eigenvalue weighted by Crippen LogP contribution is -2.26. The van der Waals surface area contributed by atoms with E-state index < -0.39 is 14.9 Å². The Kier molecular flexibility index (Phi) is 5.28. The predicted molar refractivity (Wildman–Crippen MR) is 96.5 cm³/mol. The summed E-state index contributed by atoms with van der Waals surface area (Å²) in [5, 5.41) is 14.7. The molecule has 1 heterocycles. The minimum atomic E-state index is -3.88. The van der Waals surface area contributed by atoms with Gasteiger partial charge in [-0.05, 0) is 18.6 Å². The number of nitro benzene ring substituents is 1. The molecule has 3 aromatic rings. The molecule has 0 atom stereocenters. The van der Waals surface area contributed by atoms with Crippen LogP contribution in [0.15, 0.2) is 57.9 Å². The largest absolute Gasteiger partial charge is 0.339 e. The minimum absolute atomic E-state index is 0.0143. The third-order valence-electron chi connectivity index (χ3n) is 3.82. The van der Waals surface area contributed by atoms with E-state index in [1.54, 1.807) is 0 Å². The Morgan fingerprint density at radius 3 is 2.70 bits per heavy atom. The van der Waals surface area contributed by atoms with E-state index in [0.717, 1.165) is 17.2 Å². The zero-order valence-corrected chi connectivity index (χ0v) is 15.1. The van der Waals surface area contributed by atoms with E-state index in [1.165, 1.54) is 18.2 Å². The molecule has 0 fully saturated rings. The number of benzene rings is 2. The highest BCUT2D eigenvalue weighted by molar-refractivity contribution is 7.89. The van der Waals surface area contributed by atoms with Crippen molar-refractivity contribution in [3.63, 3.8) is 0 Å². The van der Waals surface area contributed by atoms with Crippen molar-refractivity contribution in [3.8, 4) is 11.4 Å². The lowest BCUT2D eigenvalue weighted by atomic mass is 10.1. The van der Waals surface area contributed by atoms with Crippen LogP contribution < -0.4 is 4.72 Å². The molecule has 2 aromatic carbocycles. The number of hydrogen-bond acceptors (Lipinski definition) is 7. The van der Waals surface area contributed by atoms with Crippen LogP contribution in [0.3, 0.4) is 0 Å². The molecule has 27 heavy (non-hydrogen) atoms. The van der Waals surface area contributed by atoms with Crippen LogP contribution in [0.25, 0.3) is 11.4 Å². The lowest BCUT2D eigenvalue weighted by molar-refractivity contribution is -0.385. The van der Waals surface area contributed by atoms with Gasteiger partial charge < -0.3 is 4.52 Å². The molecule has 0 radical (unpaired) electrons. The quantitative estimate of drug-likeness (QED) is 0.486. The van der Waals surface area contributed by atoms with Gasteiger partial charge in [-0.25, -0.2) is 13.1 Å². The Labute approximate surface area is 155 Å². The van der Waals surface area contributed by atoms with Gasteiger partial charge in [0.05, 0.1) is 9.82 Å². The van der Waals surface area contributed by atoms with Crippen LogP contribution in [0.2, 0.25) is 0 Å². The summed E-state index contributed by atoms with van der Waals surface area (Å²) >= 11 is 0. The van der Waals surface area contributed by atoms with Gasteiger partial charge in [-0.2, -0.15) is 4.98 Å². The Bertz CT molecular complexity index is 1080. The van der Waals surface area contributed by atoms with Crippen LogP contribution in [-0.4, -0.2) is 30.0 Å². The highest BCUT2D eigenvalue weighted by Crippen LogP contribution is 2.20. The molecule has 0 aliphatic heterocycles. The van der Waals surface area contributed by atoms with Crippen LogP contribution in [0.4, 0.5) is 5.69 Å². The van der Waals surface area contributed by atoms with Gasteiger partial charge in [-0.3, -0.25) is 10.1 Å². The molecule has 1 N–H and O–H groups in total. The summed E-state index contributed by atoms with van der Waals surface area (Å²) in [4.78, 5) is 14.2. The lowest BCUT2D eigenvalue weighted by Gasteiger charge is -2.05. The normalized spacial score (nSPS) is 11.4. The van der Waals surface area contributed by atoms with Gasteiger partial charge in [0.15, 0.2) is 0 Å². The van der Waals surface area contributed by atoms with E-state index in [2.05, 4.69) is 14.9 Å². The van der Waals surface area contributed by atoms with Crippen molar-refractivity contribution in [1.82, 2.24) is 14.9 Å². The van der Waals surface area contributed by atoms with Crippen molar-refractivity contribution in [2.24, 2.45) is 0 Å². The number of non-ortho nitro benzene ring substituents is 1. The first-order chi connectivity index (χ1) is 12.9. The molecule has 1 aromatic heterocycles. The fourth-order valence-electron chi connectivity index (χ4n) is 2.43. The van der Waals surface area contributed by atoms with Crippen LogP contribution in [-0.2, 0) is 16.4 Å². The third-order valence-corrected chi connectivity index (χ3v) is 5.28. The Hall–Kier alpha value is -3.11. The highest BCUT2D eigenvalue weighted by atomic mass is 32.2. The molecule has 0 saturated heterocycles. The van der Waals surface area contributed by atoms with E-state index in [-0.39, 0.29) is 29.4 Å². The number of aromatic nitrogens is 2. The first-order valence-corrected chi connectivity index (χ1v) is 9.48. The van der Waals surface area contributed by atoms with E-state index in [1.807, 2.05) is 31.2 Å². The van der Waals surface area contributed by atoms with Crippen molar-refractivity contribution in [1.29, 1.82) is 0 Å². The molecule has 140 valence electrons. The van der Waals surface area contributed by atoms with Crippen molar-refractivity contribution < 1.29 is 17.9 Å². The first-order valence-electron chi connectivity index (χ1n) is 7.99. The van der Waals surface area contributed by atoms with Gasteiger partial charge in [-0.1, -0.05) is 35.5 Å². The van der Waals surface area contributed by atoms with Crippen LogP contribution in [0.5, 0.6) is 0 Å². The van der Waals surface area contributed by atoms with Crippen molar-refractivity contribution in [3.05, 3.63) is 70.1 Å². The summed E-state index contributed by atoms with van der Waals surface area (Å²) < 4.78 is 32.1. The van der Waals surface area contributed by atoms with Crippen LogP contribution in [0, 0.1) is 17.0 Å². The maximum absolute atomic E-state index is 12.3. The van der Waals surface area contributed by atoms with Gasteiger partial charge in [-0.15, -0.1) is 0 Å². The number of hydrogen-bond donors (Lipinski definition) is 1. The summed E-state index contributed by atoms with van der Waals surface area (Å²) in [6.07, 6.45) is 0.188. The average Bonchev–Trinajstić information content (AvgIpc) is 3.10. The number of nitrogens with one attached hydrogen (secondary N) is 1. The van der Waals surface area contributed by atoms with Crippen molar-refractivity contribution in [2.75, 3.05) is 6.54 Å². The average molecular weight is 388 g/mol. The smallest absolute Gasteiger partial charge is 0.270 e. The van der Waals surface area contributed by atoms with E-state index >= 15 is 0 Å². The monoisotopic (exact) mass is 388 g/mol. The predicted octanol–water partition coefficient (Wildman–Crippen LogP) is 2.47. The van der Waals surface area contributed by atoms with E-state index in [0.29, 0.717) is 5.82 Å². The first kappa shape index (κ1) is 18.7. The number of aryl methyl sites for hydroxylation is 1. The Morgan fingerprint density at radius 2 is 1.96 bits per heavy atom. The van der Waals surface area contributed by atoms with Gasteiger partial charge in [0.1, 0.15) is 0 Å². The minimum Gasteiger partial charge on any atom is -0.339 e. The molecule has 9 nitrogen and oxygen atoms in total. The Morgan fingerprint density at radius 1 is 1.19 bits per heavy atom. The number of rotatable bonds is 7. The zero-order valence-electron chi connectivity index (χ0n) is 14.3. The van der Waals surface area contributed by atoms with Gasteiger partial charge >= 0.3 is 0 Å². The maximum atomic E-state index is 12.3. The summed E-state index contributed by atoms with van der Waals surface area (Å²) in [6.45, 7) is 1.94. The second-order valence-electron chi connectivity index (χ2n) is 5.73. The molecule has 3 rings (SSSR count). The summed E-state index contributed by atoms with van der Waals surface area (Å²) in [5.41, 5.74) is 1.54. The summed E-state index contributed by atoms with van der Waals surface area (Å²) in [6, 6.07) is 12.4. The second kappa shape index (κ2) is 7.64. The molecule has 0 spiro atoms. The van der Waals surface area contributed by atoms with Gasteiger partial charge in [0, 0.05) is 30.7 Å². The van der Waals surface area contributed by atoms with Gasteiger partial charge in [0.25, 0.3) is 5.69 Å². The molecule has 0 aliphatic rings. The van der Waals surface area contributed by atoms with Crippen LogP contribution >= 0.6 is 0 Å². The highest BCUT2D eigenvalue weighted by Gasteiger charge is 2.18. The molecule has 0 aliphatic carbocycles. The number of nitro groups is 1. The number of nitrogens with zero attached hydrogens (tertiary/aromatic N) is 3. The SMILES string of the molecule is Cc1ccccc1-c1noc(CCNS(=O)(=O)c2cccc([N+](=O)[O-])c2)n1. The second-order valence-corrected chi connectivity index (χ2v) is 7.50. The third kappa shape index (κ3) is 4.36. The van der Waals surface area contributed by atoms with Gasteiger partial charge in [0.2, 0.25) is 21.7 Å². The molecule has 10 heteroatoms. The molecular weight excluding hydrogens is 372 g/mol. The fraction of sp³-hybridized carbons (Fsp3) is 0.176. The molecule has 0 saturated carbocycles. The fourth-order valence-corrected chi connectivity index (χ4v) is 3.50. The summed E-state index contributed by atoms with van der Waals surface area (Å²) in [7, 11) is -3.88. The molecule has 0 bridgehead atoms. The summed E-state index contributed by atoms with van der Waals surface area (Å²) in [5.74, 6) is 0.722. The molecule has 0 amide bonds. The molecular formula is C17H16N4O5S. The number of sulfonamides is 1. The Balaban J connectivity index is 1.65. The van der Waals surface area contributed by atoms with E-state index in [9.17, 15) is 18.5 Å². The van der Waals surface area contributed by atoms with E-state index in [4.69, 9.17) is 4.52 Å². The zero-order chi connectivity index (χ0) is 19.4.